The second kappa shape index (κ2) is 12.2. The SMILES string of the molecule is Cc1ccc(NC(=O)c2nnc(C(=O)N3CCC[C@@H](C(=O)NCCN4CCCCCC4)C3)s2)cc1. The molecule has 4 rings (SSSR count). The summed E-state index contributed by atoms with van der Waals surface area (Å²) in [4.78, 5) is 42.4. The zero-order valence-corrected chi connectivity index (χ0v) is 21.1. The maximum absolute atomic E-state index is 13.0. The number of amides is 3. The van der Waals surface area contributed by atoms with Crippen molar-refractivity contribution in [3.8, 4) is 0 Å². The van der Waals surface area contributed by atoms with Crippen LogP contribution >= 0.6 is 11.3 Å². The van der Waals surface area contributed by atoms with Crippen LogP contribution in [0.2, 0.25) is 0 Å². The van der Waals surface area contributed by atoms with Crippen LogP contribution in [0.25, 0.3) is 0 Å². The van der Waals surface area contributed by atoms with Crippen molar-refractivity contribution in [2.24, 2.45) is 5.92 Å². The number of carbonyl (C=O) groups is 3. The first kappa shape index (κ1) is 25.2. The second-order valence-corrected chi connectivity index (χ2v) is 10.3. The van der Waals surface area contributed by atoms with Crippen molar-refractivity contribution in [3.05, 3.63) is 39.8 Å². The Balaban J connectivity index is 1.27. The number of piperidine rings is 1. The molecule has 10 heteroatoms. The number of aryl methyl sites for hydroxylation is 1. The van der Waals surface area contributed by atoms with Gasteiger partial charge in [-0.25, -0.2) is 0 Å². The molecule has 1 aromatic heterocycles. The van der Waals surface area contributed by atoms with Gasteiger partial charge in [0, 0.05) is 31.9 Å². The molecule has 2 N–H and O–H groups in total. The van der Waals surface area contributed by atoms with Gasteiger partial charge in [-0.3, -0.25) is 14.4 Å². The molecule has 1 aromatic carbocycles. The van der Waals surface area contributed by atoms with Crippen LogP contribution in [-0.2, 0) is 4.79 Å². The highest BCUT2D eigenvalue weighted by Gasteiger charge is 2.31. The molecule has 3 heterocycles. The van der Waals surface area contributed by atoms with E-state index in [0.717, 1.165) is 49.4 Å². The molecule has 35 heavy (non-hydrogen) atoms. The van der Waals surface area contributed by atoms with Crippen LogP contribution in [0.4, 0.5) is 5.69 Å². The highest BCUT2D eigenvalue weighted by molar-refractivity contribution is 7.15. The normalized spacial score (nSPS) is 19.1. The first-order chi connectivity index (χ1) is 17.0. The molecule has 0 unspecified atom stereocenters. The fourth-order valence-corrected chi connectivity index (χ4v) is 5.28. The van der Waals surface area contributed by atoms with E-state index in [1.165, 1.54) is 25.7 Å². The fraction of sp³-hybridized carbons (Fsp3) is 0.560. The molecular weight excluding hydrogens is 464 g/mol. The minimum absolute atomic E-state index is 0.00718. The lowest BCUT2D eigenvalue weighted by atomic mass is 9.97. The molecule has 0 spiro atoms. The maximum Gasteiger partial charge on any atom is 0.286 e. The van der Waals surface area contributed by atoms with Crippen molar-refractivity contribution in [1.82, 2.24) is 25.3 Å². The van der Waals surface area contributed by atoms with Crippen LogP contribution in [0.15, 0.2) is 24.3 Å². The number of carbonyl (C=O) groups excluding carboxylic acids is 3. The third-order valence-electron chi connectivity index (χ3n) is 6.62. The molecule has 0 radical (unpaired) electrons. The molecule has 2 saturated heterocycles. The predicted octanol–water partition coefficient (Wildman–Crippen LogP) is 2.94. The molecule has 0 bridgehead atoms. The van der Waals surface area contributed by atoms with Crippen LogP contribution < -0.4 is 10.6 Å². The van der Waals surface area contributed by atoms with Crippen LogP contribution in [0.3, 0.4) is 0 Å². The van der Waals surface area contributed by atoms with Gasteiger partial charge in [-0.2, -0.15) is 0 Å². The summed E-state index contributed by atoms with van der Waals surface area (Å²) in [6, 6.07) is 7.44. The van der Waals surface area contributed by atoms with Gasteiger partial charge in [0.25, 0.3) is 11.8 Å². The van der Waals surface area contributed by atoms with E-state index in [2.05, 4.69) is 25.7 Å². The van der Waals surface area contributed by atoms with E-state index in [-0.39, 0.29) is 27.7 Å². The van der Waals surface area contributed by atoms with Crippen LogP contribution in [-0.4, -0.2) is 77.0 Å². The van der Waals surface area contributed by atoms with Crippen LogP contribution in [0.1, 0.15) is 63.7 Å². The molecule has 3 amide bonds. The molecule has 2 aliphatic heterocycles. The summed E-state index contributed by atoms with van der Waals surface area (Å²) in [7, 11) is 0. The Morgan fingerprint density at radius 1 is 0.971 bits per heavy atom. The van der Waals surface area contributed by atoms with Crippen molar-refractivity contribution < 1.29 is 14.4 Å². The van der Waals surface area contributed by atoms with E-state index in [4.69, 9.17) is 0 Å². The lowest BCUT2D eigenvalue weighted by Gasteiger charge is -2.31. The fourth-order valence-electron chi connectivity index (χ4n) is 4.58. The average molecular weight is 499 g/mol. The summed E-state index contributed by atoms with van der Waals surface area (Å²) in [6.07, 6.45) is 6.57. The number of hydrogen-bond acceptors (Lipinski definition) is 7. The lowest BCUT2D eigenvalue weighted by Crippen LogP contribution is -2.46. The summed E-state index contributed by atoms with van der Waals surface area (Å²) >= 11 is 0.975. The summed E-state index contributed by atoms with van der Waals surface area (Å²) in [5.74, 6) is -0.897. The Morgan fingerprint density at radius 2 is 1.69 bits per heavy atom. The van der Waals surface area contributed by atoms with Gasteiger partial charge < -0.3 is 20.4 Å². The molecule has 2 aliphatic rings. The Morgan fingerprint density at radius 3 is 2.43 bits per heavy atom. The monoisotopic (exact) mass is 498 g/mol. The van der Waals surface area contributed by atoms with Gasteiger partial charge >= 0.3 is 0 Å². The molecule has 0 saturated carbocycles. The summed E-state index contributed by atoms with van der Waals surface area (Å²) < 4.78 is 0. The predicted molar refractivity (Wildman–Crippen MR) is 136 cm³/mol. The van der Waals surface area contributed by atoms with E-state index in [0.29, 0.717) is 25.3 Å². The highest BCUT2D eigenvalue weighted by Crippen LogP contribution is 2.21. The van der Waals surface area contributed by atoms with E-state index >= 15 is 0 Å². The third kappa shape index (κ3) is 7.08. The molecule has 1 atom stereocenters. The van der Waals surface area contributed by atoms with Crippen LogP contribution in [0, 0.1) is 12.8 Å². The molecule has 9 nitrogen and oxygen atoms in total. The van der Waals surface area contributed by atoms with E-state index < -0.39 is 5.91 Å². The molecule has 2 aromatic rings. The highest BCUT2D eigenvalue weighted by atomic mass is 32.1. The number of nitrogens with zero attached hydrogens (tertiary/aromatic N) is 4. The number of nitrogens with one attached hydrogen (secondary N) is 2. The number of hydrogen-bond donors (Lipinski definition) is 2. The Hall–Kier alpha value is -2.85. The van der Waals surface area contributed by atoms with Gasteiger partial charge in [-0.05, 0) is 57.8 Å². The number of benzene rings is 1. The van der Waals surface area contributed by atoms with Gasteiger partial charge in [-0.1, -0.05) is 41.9 Å². The van der Waals surface area contributed by atoms with E-state index in [1.807, 2.05) is 31.2 Å². The first-order valence-electron chi connectivity index (χ1n) is 12.5. The van der Waals surface area contributed by atoms with Crippen LogP contribution in [0.5, 0.6) is 0 Å². The Labute approximate surface area is 210 Å². The first-order valence-corrected chi connectivity index (χ1v) is 13.3. The van der Waals surface area contributed by atoms with Gasteiger partial charge in [0.1, 0.15) is 0 Å². The zero-order valence-electron chi connectivity index (χ0n) is 20.3. The van der Waals surface area contributed by atoms with Gasteiger partial charge in [0.2, 0.25) is 15.9 Å². The number of rotatable bonds is 7. The molecule has 188 valence electrons. The zero-order chi connectivity index (χ0) is 24.6. The molecule has 2 fully saturated rings. The third-order valence-corrected chi connectivity index (χ3v) is 7.53. The Kier molecular flexibility index (Phi) is 8.81. The number of aromatic nitrogens is 2. The van der Waals surface area contributed by atoms with Crippen molar-refractivity contribution in [1.29, 1.82) is 0 Å². The smallest absolute Gasteiger partial charge is 0.286 e. The summed E-state index contributed by atoms with van der Waals surface area (Å²) in [5.41, 5.74) is 1.75. The van der Waals surface area contributed by atoms with E-state index in [1.54, 1.807) is 4.90 Å². The minimum atomic E-state index is -0.397. The minimum Gasteiger partial charge on any atom is -0.355 e. The molecule has 0 aliphatic carbocycles. The molecular formula is C25H34N6O3S. The average Bonchev–Trinajstić information content (AvgIpc) is 3.23. The van der Waals surface area contributed by atoms with Gasteiger partial charge in [0.15, 0.2) is 0 Å². The van der Waals surface area contributed by atoms with Gasteiger partial charge in [0.05, 0.1) is 5.92 Å². The topological polar surface area (TPSA) is 108 Å². The quantitative estimate of drug-likeness (QED) is 0.608. The van der Waals surface area contributed by atoms with Crippen molar-refractivity contribution >= 4 is 34.7 Å². The van der Waals surface area contributed by atoms with Crippen molar-refractivity contribution in [2.45, 2.75) is 45.4 Å². The summed E-state index contributed by atoms with van der Waals surface area (Å²) in [6.45, 7) is 6.63. The summed E-state index contributed by atoms with van der Waals surface area (Å²) in [5, 5.41) is 14.0. The maximum atomic E-state index is 13.0. The standard InChI is InChI=1S/C25H34N6O3S/c1-18-8-10-20(11-9-18)27-22(33)23-28-29-24(35-23)25(34)31-15-6-7-19(17-31)21(32)26-12-16-30-13-4-2-3-5-14-30/h8-11,19H,2-7,12-17H2,1H3,(H,26,32)(H,27,33)/t19-/m1/s1. The van der Waals surface area contributed by atoms with E-state index in [9.17, 15) is 14.4 Å². The lowest BCUT2D eigenvalue weighted by molar-refractivity contribution is -0.126. The largest absolute Gasteiger partial charge is 0.355 e. The Bertz CT molecular complexity index is 1020. The van der Waals surface area contributed by atoms with Gasteiger partial charge in [-0.15, -0.1) is 10.2 Å². The van der Waals surface area contributed by atoms with Crippen molar-refractivity contribution in [2.75, 3.05) is 44.6 Å². The number of anilines is 1. The number of likely N-dealkylation sites (tertiary alicyclic amines) is 2. The van der Waals surface area contributed by atoms with Crippen molar-refractivity contribution in [3.63, 3.8) is 0 Å². The second-order valence-electron chi connectivity index (χ2n) is 9.37.